The van der Waals surface area contributed by atoms with Gasteiger partial charge in [-0.1, -0.05) is 18.2 Å². The third-order valence-corrected chi connectivity index (χ3v) is 3.86. The maximum Gasteiger partial charge on any atom is 0.345 e. The van der Waals surface area contributed by atoms with Gasteiger partial charge in [0.05, 0.1) is 7.11 Å². The van der Waals surface area contributed by atoms with Crippen LogP contribution in [0.2, 0.25) is 0 Å². The molecular weight excluding hydrogens is 292 g/mol. The summed E-state index contributed by atoms with van der Waals surface area (Å²) in [4.78, 5) is 11.6. The largest absolute Gasteiger partial charge is 0.497 e. The van der Waals surface area contributed by atoms with Crippen LogP contribution in [0.25, 0.3) is 0 Å². The zero-order chi connectivity index (χ0) is 17.0. The van der Waals surface area contributed by atoms with Gasteiger partial charge in [-0.15, -0.1) is 0 Å². The lowest BCUT2D eigenvalue weighted by molar-refractivity contribution is -0.145. The first-order valence-corrected chi connectivity index (χ1v) is 7.51. The Bertz CT molecular complexity index is 707. The summed E-state index contributed by atoms with van der Waals surface area (Å²) in [6, 6.07) is 11.3. The van der Waals surface area contributed by atoms with Gasteiger partial charge in [0.1, 0.15) is 11.5 Å². The minimum absolute atomic E-state index is 0.277. The molecule has 2 aromatic carbocycles. The number of carbonyl (C=O) groups is 1. The number of hydrogen-bond acceptors (Lipinski definition) is 3. The molecule has 122 valence electrons. The molecule has 0 aliphatic rings. The second-order valence-corrected chi connectivity index (χ2v) is 5.71. The monoisotopic (exact) mass is 314 g/mol. The van der Waals surface area contributed by atoms with Gasteiger partial charge in [0.25, 0.3) is 0 Å². The number of carboxylic acid groups (broad SMARTS) is 1. The molecule has 0 radical (unpaired) electrons. The fourth-order valence-corrected chi connectivity index (χ4v) is 2.47. The molecule has 4 nitrogen and oxygen atoms in total. The fourth-order valence-electron chi connectivity index (χ4n) is 2.47. The van der Waals surface area contributed by atoms with Gasteiger partial charge in [-0.2, -0.15) is 0 Å². The second kappa shape index (κ2) is 7.18. The van der Waals surface area contributed by atoms with Gasteiger partial charge in [-0.25, -0.2) is 4.79 Å². The van der Waals surface area contributed by atoms with Crippen molar-refractivity contribution in [3.05, 3.63) is 58.7 Å². The average Bonchev–Trinajstić information content (AvgIpc) is 2.51. The summed E-state index contributed by atoms with van der Waals surface area (Å²) in [5.41, 5.74) is 3.96. The number of carboxylic acids is 1. The van der Waals surface area contributed by atoms with Gasteiger partial charge in [-0.05, 0) is 61.2 Å². The summed E-state index contributed by atoms with van der Waals surface area (Å²) in [6.45, 7) is 5.90. The smallest absolute Gasteiger partial charge is 0.345 e. The fraction of sp³-hybridized carbons (Fsp3) is 0.316. The number of rotatable bonds is 6. The van der Waals surface area contributed by atoms with Gasteiger partial charge in [0, 0.05) is 6.42 Å². The quantitative estimate of drug-likeness (QED) is 0.883. The predicted molar refractivity (Wildman–Crippen MR) is 89.4 cm³/mol. The molecule has 1 atom stereocenters. The van der Waals surface area contributed by atoms with Crippen molar-refractivity contribution in [2.75, 3.05) is 7.11 Å². The molecule has 2 rings (SSSR count). The molecular formula is C19H22O4. The van der Waals surface area contributed by atoms with Crippen molar-refractivity contribution in [3.63, 3.8) is 0 Å². The molecule has 0 fully saturated rings. The number of ether oxygens (including phenoxy) is 2. The van der Waals surface area contributed by atoms with E-state index in [9.17, 15) is 9.90 Å². The first-order valence-electron chi connectivity index (χ1n) is 7.51. The lowest BCUT2D eigenvalue weighted by Gasteiger charge is -2.18. The van der Waals surface area contributed by atoms with E-state index in [0.717, 1.165) is 22.3 Å². The van der Waals surface area contributed by atoms with Crippen LogP contribution < -0.4 is 9.47 Å². The third-order valence-electron chi connectivity index (χ3n) is 3.86. The molecule has 2 aromatic rings. The highest BCUT2D eigenvalue weighted by molar-refractivity contribution is 5.73. The number of hydrogen-bond donors (Lipinski definition) is 1. The molecule has 0 spiro atoms. The second-order valence-electron chi connectivity index (χ2n) is 5.71. The van der Waals surface area contributed by atoms with Crippen molar-refractivity contribution in [2.45, 2.75) is 33.3 Å². The lowest BCUT2D eigenvalue weighted by atomic mass is 10.0. The molecule has 0 amide bonds. The maximum absolute atomic E-state index is 11.6. The Hall–Kier alpha value is -2.49. The zero-order valence-corrected chi connectivity index (χ0v) is 13.9. The summed E-state index contributed by atoms with van der Waals surface area (Å²) in [6.07, 6.45) is -0.666. The van der Waals surface area contributed by atoms with Gasteiger partial charge in [0.2, 0.25) is 0 Å². The minimum Gasteiger partial charge on any atom is -0.497 e. The van der Waals surface area contributed by atoms with Crippen LogP contribution >= 0.6 is 0 Å². The highest BCUT2D eigenvalue weighted by Gasteiger charge is 2.21. The van der Waals surface area contributed by atoms with Gasteiger partial charge in [0.15, 0.2) is 6.10 Å². The minimum atomic E-state index is -0.980. The molecule has 0 saturated carbocycles. The van der Waals surface area contributed by atoms with Crippen molar-refractivity contribution in [2.24, 2.45) is 0 Å². The van der Waals surface area contributed by atoms with E-state index in [2.05, 4.69) is 6.07 Å². The van der Waals surface area contributed by atoms with Crippen LogP contribution in [0.5, 0.6) is 11.5 Å². The lowest BCUT2D eigenvalue weighted by Crippen LogP contribution is -2.29. The highest BCUT2D eigenvalue weighted by Crippen LogP contribution is 2.25. The van der Waals surface area contributed by atoms with E-state index in [1.807, 2.05) is 51.1 Å². The maximum atomic E-state index is 11.6. The Balaban J connectivity index is 2.24. The topological polar surface area (TPSA) is 55.8 Å². The molecule has 4 heteroatoms. The Labute approximate surface area is 136 Å². The standard InChI is InChI=1S/C19H22O4/c1-12-8-13(2)14(3)17(9-12)23-18(19(20)21)11-15-6-5-7-16(10-15)22-4/h5-10,18H,11H2,1-4H3,(H,20,21). The predicted octanol–water partition coefficient (Wildman–Crippen LogP) is 3.70. The van der Waals surface area contributed by atoms with E-state index < -0.39 is 12.1 Å². The summed E-state index contributed by atoms with van der Waals surface area (Å²) in [5.74, 6) is 0.346. The van der Waals surface area contributed by atoms with Gasteiger partial charge in [-0.3, -0.25) is 0 Å². The summed E-state index contributed by atoms with van der Waals surface area (Å²) >= 11 is 0. The first kappa shape index (κ1) is 16.9. The van der Waals surface area contributed by atoms with Crippen LogP contribution in [0.3, 0.4) is 0 Å². The molecule has 0 aliphatic carbocycles. The van der Waals surface area contributed by atoms with Crippen molar-refractivity contribution in [1.82, 2.24) is 0 Å². The van der Waals surface area contributed by atoms with E-state index in [1.54, 1.807) is 7.11 Å². The summed E-state index contributed by atoms with van der Waals surface area (Å²) in [7, 11) is 1.59. The van der Waals surface area contributed by atoms with Crippen molar-refractivity contribution in [3.8, 4) is 11.5 Å². The van der Waals surface area contributed by atoms with Crippen molar-refractivity contribution in [1.29, 1.82) is 0 Å². The third kappa shape index (κ3) is 4.25. The van der Waals surface area contributed by atoms with Gasteiger partial charge >= 0.3 is 5.97 Å². The average molecular weight is 314 g/mol. The molecule has 0 bridgehead atoms. The number of benzene rings is 2. The number of aryl methyl sites for hydroxylation is 2. The van der Waals surface area contributed by atoms with E-state index in [-0.39, 0.29) is 6.42 Å². The molecule has 23 heavy (non-hydrogen) atoms. The Morgan fingerprint density at radius 2 is 1.91 bits per heavy atom. The van der Waals surface area contributed by atoms with Crippen molar-refractivity contribution >= 4 is 5.97 Å². The van der Waals surface area contributed by atoms with Gasteiger partial charge < -0.3 is 14.6 Å². The van der Waals surface area contributed by atoms with E-state index in [0.29, 0.717) is 11.5 Å². The Morgan fingerprint density at radius 3 is 2.57 bits per heavy atom. The number of methoxy groups -OCH3 is 1. The van der Waals surface area contributed by atoms with E-state index in [1.165, 1.54) is 0 Å². The molecule has 0 aliphatic heterocycles. The van der Waals surface area contributed by atoms with Crippen LogP contribution in [-0.2, 0) is 11.2 Å². The first-order chi connectivity index (χ1) is 10.9. The molecule has 0 saturated heterocycles. The molecule has 0 aromatic heterocycles. The van der Waals surface area contributed by atoms with E-state index >= 15 is 0 Å². The normalized spacial score (nSPS) is 11.8. The van der Waals surface area contributed by atoms with Crippen LogP contribution in [0, 0.1) is 20.8 Å². The summed E-state index contributed by atoms with van der Waals surface area (Å²) in [5, 5.41) is 9.50. The Kier molecular flexibility index (Phi) is 5.27. The van der Waals surface area contributed by atoms with Crippen LogP contribution in [0.4, 0.5) is 0 Å². The summed E-state index contributed by atoms with van der Waals surface area (Å²) < 4.78 is 11.0. The zero-order valence-electron chi connectivity index (χ0n) is 13.9. The van der Waals surface area contributed by atoms with Crippen LogP contribution in [-0.4, -0.2) is 24.3 Å². The number of aliphatic carboxylic acids is 1. The molecule has 1 unspecified atom stereocenters. The highest BCUT2D eigenvalue weighted by atomic mass is 16.5. The molecule has 0 heterocycles. The van der Waals surface area contributed by atoms with Crippen molar-refractivity contribution < 1.29 is 19.4 Å². The SMILES string of the molecule is COc1cccc(CC(Oc2cc(C)cc(C)c2C)C(=O)O)c1. The van der Waals surface area contributed by atoms with Crippen LogP contribution in [0.15, 0.2) is 36.4 Å². The van der Waals surface area contributed by atoms with E-state index in [4.69, 9.17) is 9.47 Å². The van der Waals surface area contributed by atoms with Crippen LogP contribution in [0.1, 0.15) is 22.3 Å². The molecule has 1 N–H and O–H groups in total. The Morgan fingerprint density at radius 1 is 1.17 bits per heavy atom.